The van der Waals surface area contributed by atoms with Crippen molar-refractivity contribution in [3.63, 3.8) is 0 Å². The van der Waals surface area contributed by atoms with Gasteiger partial charge in [0, 0.05) is 11.1 Å². The van der Waals surface area contributed by atoms with E-state index in [1.54, 1.807) is 6.92 Å². The largest absolute Gasteiger partial charge is 0.459 e. The Labute approximate surface area is 116 Å². The van der Waals surface area contributed by atoms with Gasteiger partial charge in [-0.2, -0.15) is 0 Å². The molecule has 6 heteroatoms. The highest BCUT2D eigenvalue weighted by Gasteiger charge is 2.23. The molecule has 0 aliphatic carbocycles. The molecule has 1 aromatic carbocycles. The summed E-state index contributed by atoms with van der Waals surface area (Å²) < 4.78 is 5.19. The van der Waals surface area contributed by atoms with Crippen molar-refractivity contribution in [3.05, 3.63) is 38.9 Å². The molecule has 0 aliphatic rings. The van der Waals surface area contributed by atoms with Crippen LogP contribution in [0.15, 0.2) is 18.2 Å². The number of halogens is 1. The second-order valence-electron chi connectivity index (χ2n) is 4.76. The van der Waals surface area contributed by atoms with Crippen molar-refractivity contribution in [2.45, 2.75) is 33.3 Å². The Morgan fingerprint density at radius 1 is 1.42 bits per heavy atom. The average Bonchev–Trinajstić information content (AvgIpc) is 2.26. The number of nitro benzene ring substituents is 1. The van der Waals surface area contributed by atoms with Gasteiger partial charge in [-0.25, -0.2) is 4.79 Å². The Balaban J connectivity index is 2.92. The van der Waals surface area contributed by atoms with Crippen LogP contribution in [0, 0.1) is 16.0 Å². The third-order valence-corrected chi connectivity index (χ3v) is 2.72. The van der Waals surface area contributed by atoms with Crippen LogP contribution in [0.5, 0.6) is 0 Å². The maximum atomic E-state index is 11.9. The first-order valence-electron chi connectivity index (χ1n) is 5.96. The van der Waals surface area contributed by atoms with Gasteiger partial charge in [-0.05, 0) is 31.4 Å². The molecule has 1 atom stereocenters. The summed E-state index contributed by atoms with van der Waals surface area (Å²) in [7, 11) is 0. The summed E-state index contributed by atoms with van der Waals surface area (Å²) in [5.41, 5.74) is -0.417. The quantitative estimate of drug-likeness (QED) is 0.468. The van der Waals surface area contributed by atoms with Gasteiger partial charge < -0.3 is 4.74 Å². The Hall–Kier alpha value is -1.62. The number of benzene rings is 1. The van der Waals surface area contributed by atoms with Crippen LogP contribution in [0.1, 0.15) is 37.6 Å². The van der Waals surface area contributed by atoms with Crippen molar-refractivity contribution >= 4 is 23.3 Å². The fourth-order valence-electron chi connectivity index (χ4n) is 1.79. The number of carbonyl (C=O) groups is 1. The number of hydrogen-bond acceptors (Lipinski definition) is 4. The zero-order valence-electron chi connectivity index (χ0n) is 11.1. The van der Waals surface area contributed by atoms with Crippen LogP contribution in [-0.2, 0) is 4.74 Å². The van der Waals surface area contributed by atoms with Crippen molar-refractivity contribution in [3.8, 4) is 0 Å². The molecule has 0 amide bonds. The fraction of sp³-hybridized carbons (Fsp3) is 0.462. The van der Waals surface area contributed by atoms with Crippen LogP contribution in [0.2, 0.25) is 5.02 Å². The van der Waals surface area contributed by atoms with E-state index in [0.717, 1.165) is 0 Å². The molecular weight excluding hydrogens is 270 g/mol. The number of esters is 1. The molecule has 0 N–H and O–H groups in total. The molecular formula is C13H16ClNO4. The Bertz CT molecular complexity index is 488. The van der Waals surface area contributed by atoms with Crippen LogP contribution < -0.4 is 0 Å². The smallest absolute Gasteiger partial charge is 0.345 e. The van der Waals surface area contributed by atoms with Crippen LogP contribution >= 0.6 is 11.6 Å². The second kappa shape index (κ2) is 6.52. The maximum Gasteiger partial charge on any atom is 0.345 e. The Morgan fingerprint density at radius 2 is 2.05 bits per heavy atom. The van der Waals surface area contributed by atoms with Gasteiger partial charge in [0.25, 0.3) is 5.69 Å². The highest BCUT2D eigenvalue weighted by Crippen LogP contribution is 2.24. The molecule has 0 spiro atoms. The van der Waals surface area contributed by atoms with E-state index in [4.69, 9.17) is 16.3 Å². The van der Waals surface area contributed by atoms with E-state index in [1.165, 1.54) is 18.2 Å². The van der Waals surface area contributed by atoms with Crippen molar-refractivity contribution < 1.29 is 14.5 Å². The first-order valence-corrected chi connectivity index (χ1v) is 6.34. The lowest BCUT2D eigenvalue weighted by Gasteiger charge is -2.15. The summed E-state index contributed by atoms with van der Waals surface area (Å²) in [6.45, 7) is 5.77. The number of hydrogen-bond donors (Lipinski definition) is 0. The van der Waals surface area contributed by atoms with Gasteiger partial charge in [-0.15, -0.1) is 0 Å². The average molecular weight is 286 g/mol. The topological polar surface area (TPSA) is 69.4 Å². The molecule has 0 heterocycles. The molecule has 104 valence electrons. The van der Waals surface area contributed by atoms with E-state index >= 15 is 0 Å². The molecule has 1 rings (SSSR count). The van der Waals surface area contributed by atoms with Crippen molar-refractivity contribution in [1.82, 2.24) is 0 Å². The van der Waals surface area contributed by atoms with Gasteiger partial charge in [-0.3, -0.25) is 10.1 Å². The molecule has 5 nitrogen and oxygen atoms in total. The van der Waals surface area contributed by atoms with E-state index < -0.39 is 10.9 Å². The van der Waals surface area contributed by atoms with Crippen LogP contribution in [0.3, 0.4) is 0 Å². The SMILES string of the molecule is CC(C)CC(C)OC(=O)c1cc(Cl)ccc1[N+](=O)[O-]. The minimum atomic E-state index is -0.720. The van der Waals surface area contributed by atoms with E-state index in [9.17, 15) is 14.9 Å². The minimum absolute atomic E-state index is 0.117. The molecule has 0 aromatic heterocycles. The second-order valence-corrected chi connectivity index (χ2v) is 5.20. The Morgan fingerprint density at radius 3 is 2.58 bits per heavy atom. The van der Waals surface area contributed by atoms with Crippen LogP contribution in [-0.4, -0.2) is 17.0 Å². The first kappa shape index (κ1) is 15.4. The maximum absolute atomic E-state index is 11.9. The third-order valence-electron chi connectivity index (χ3n) is 2.49. The van der Waals surface area contributed by atoms with Crippen molar-refractivity contribution in [2.24, 2.45) is 5.92 Å². The number of carbonyl (C=O) groups excluding carboxylic acids is 1. The number of nitrogens with zero attached hydrogens (tertiary/aromatic N) is 1. The lowest BCUT2D eigenvalue weighted by atomic mass is 10.1. The lowest BCUT2D eigenvalue weighted by Crippen LogP contribution is -2.17. The summed E-state index contributed by atoms with van der Waals surface area (Å²) >= 11 is 5.76. The predicted octanol–water partition coefficient (Wildman–Crippen LogP) is 3.84. The molecule has 1 aromatic rings. The molecule has 0 bridgehead atoms. The van der Waals surface area contributed by atoms with Crippen molar-refractivity contribution in [2.75, 3.05) is 0 Å². The fourth-order valence-corrected chi connectivity index (χ4v) is 1.96. The zero-order chi connectivity index (χ0) is 14.6. The van der Waals surface area contributed by atoms with Gasteiger partial charge in [0.1, 0.15) is 5.56 Å². The van der Waals surface area contributed by atoms with Crippen LogP contribution in [0.25, 0.3) is 0 Å². The van der Waals surface area contributed by atoms with Crippen molar-refractivity contribution in [1.29, 1.82) is 0 Å². The number of rotatable bonds is 5. The normalized spacial score (nSPS) is 12.3. The Kier molecular flexibility index (Phi) is 5.30. The standard InChI is InChI=1S/C13H16ClNO4/c1-8(2)6-9(3)19-13(16)11-7-10(14)4-5-12(11)15(17)18/h4-5,7-9H,6H2,1-3H3. The monoisotopic (exact) mass is 285 g/mol. The van der Waals surface area contributed by atoms with Gasteiger partial charge >= 0.3 is 5.97 Å². The summed E-state index contributed by atoms with van der Waals surface area (Å²) in [6, 6.07) is 3.82. The van der Waals surface area contributed by atoms with Gasteiger partial charge in [0.05, 0.1) is 11.0 Å². The summed E-state index contributed by atoms with van der Waals surface area (Å²) in [4.78, 5) is 22.2. The summed E-state index contributed by atoms with van der Waals surface area (Å²) in [5.74, 6) is -0.348. The molecule has 0 saturated carbocycles. The van der Waals surface area contributed by atoms with E-state index in [0.29, 0.717) is 12.3 Å². The molecule has 0 fully saturated rings. The lowest BCUT2D eigenvalue weighted by molar-refractivity contribution is -0.385. The molecule has 0 aliphatic heterocycles. The molecule has 19 heavy (non-hydrogen) atoms. The highest BCUT2D eigenvalue weighted by atomic mass is 35.5. The van der Waals surface area contributed by atoms with Gasteiger partial charge in [-0.1, -0.05) is 25.4 Å². The van der Waals surface area contributed by atoms with Gasteiger partial charge in [0.2, 0.25) is 0 Å². The minimum Gasteiger partial charge on any atom is -0.459 e. The summed E-state index contributed by atoms with van der Waals surface area (Å²) in [5, 5.41) is 11.1. The third kappa shape index (κ3) is 4.52. The molecule has 0 saturated heterocycles. The van der Waals surface area contributed by atoms with E-state index in [2.05, 4.69) is 0 Å². The summed E-state index contributed by atoms with van der Waals surface area (Å²) in [6.07, 6.45) is 0.395. The predicted molar refractivity (Wildman–Crippen MR) is 72.4 cm³/mol. The molecule has 1 unspecified atom stereocenters. The zero-order valence-corrected chi connectivity index (χ0v) is 11.8. The van der Waals surface area contributed by atoms with Crippen LogP contribution in [0.4, 0.5) is 5.69 Å². The van der Waals surface area contributed by atoms with E-state index in [1.807, 2.05) is 13.8 Å². The first-order chi connectivity index (χ1) is 8.81. The van der Waals surface area contributed by atoms with E-state index in [-0.39, 0.29) is 22.4 Å². The number of nitro groups is 1. The highest BCUT2D eigenvalue weighted by molar-refractivity contribution is 6.31. The number of ether oxygens (including phenoxy) is 1. The molecule has 0 radical (unpaired) electrons. The van der Waals surface area contributed by atoms with Gasteiger partial charge in [0.15, 0.2) is 0 Å².